The van der Waals surface area contributed by atoms with Crippen LogP contribution in [0, 0.1) is 11.3 Å². The highest BCUT2D eigenvalue weighted by molar-refractivity contribution is 6.28. The minimum absolute atomic E-state index is 0.251. The first-order valence-electron chi connectivity index (χ1n) is 3.21. The Kier molecular flexibility index (Phi) is 1.45. The molecule has 2 heterocycles. The van der Waals surface area contributed by atoms with Gasteiger partial charge in [-0.3, -0.25) is 4.40 Å². The molecule has 0 spiro atoms. The van der Waals surface area contributed by atoms with E-state index in [1.165, 1.54) is 0 Å². The fourth-order valence-corrected chi connectivity index (χ4v) is 1.18. The molecule has 0 N–H and O–H groups in total. The molecule has 4 nitrogen and oxygen atoms in total. The number of hydrogen-bond donors (Lipinski definition) is 0. The van der Waals surface area contributed by atoms with Crippen LogP contribution in [0.4, 0.5) is 0 Å². The number of fused-ring (bicyclic) bond motifs is 1. The van der Waals surface area contributed by atoms with Gasteiger partial charge in [0.05, 0.1) is 0 Å². The van der Waals surface area contributed by atoms with Crippen LogP contribution in [-0.4, -0.2) is 14.4 Å². The highest BCUT2D eigenvalue weighted by atomic mass is 35.5. The summed E-state index contributed by atoms with van der Waals surface area (Å²) in [7, 11) is 0. The molecule has 0 aliphatic rings. The van der Waals surface area contributed by atoms with Crippen molar-refractivity contribution >= 4 is 17.2 Å². The van der Waals surface area contributed by atoms with E-state index in [1.54, 1.807) is 22.9 Å². The van der Waals surface area contributed by atoms with E-state index < -0.39 is 0 Å². The van der Waals surface area contributed by atoms with Gasteiger partial charge in [-0.2, -0.15) is 5.26 Å². The Hall–Kier alpha value is -1.60. The van der Waals surface area contributed by atoms with Crippen LogP contribution in [-0.2, 0) is 0 Å². The average Bonchev–Trinajstić information content (AvgIpc) is 2.52. The van der Waals surface area contributed by atoms with E-state index in [-0.39, 0.29) is 11.0 Å². The minimum atomic E-state index is 0.251. The van der Waals surface area contributed by atoms with Crippen molar-refractivity contribution in [1.82, 2.24) is 14.4 Å². The van der Waals surface area contributed by atoms with Gasteiger partial charge in [0.1, 0.15) is 17.4 Å². The fraction of sp³-hybridized carbons (Fsp3) is 0. The second-order valence-electron chi connectivity index (χ2n) is 2.18. The number of imidazole rings is 1. The maximum atomic E-state index is 8.55. The van der Waals surface area contributed by atoms with Crippen molar-refractivity contribution < 1.29 is 0 Å². The fourth-order valence-electron chi connectivity index (χ4n) is 0.943. The van der Waals surface area contributed by atoms with Gasteiger partial charge in [-0.05, 0) is 11.6 Å². The first kappa shape index (κ1) is 7.07. The molecule has 2 rings (SSSR count). The predicted octanol–water partition coefficient (Wildman–Crippen LogP) is 1.25. The molecule has 0 aromatic carbocycles. The lowest BCUT2D eigenvalue weighted by atomic mass is 10.4. The largest absolute Gasteiger partial charge is 0.274 e. The predicted molar refractivity (Wildman–Crippen MR) is 42.7 cm³/mol. The van der Waals surface area contributed by atoms with Crippen LogP contribution < -0.4 is 0 Å². The van der Waals surface area contributed by atoms with E-state index in [2.05, 4.69) is 9.97 Å². The molecule has 2 aromatic heterocycles. The molecular formula is C7H3ClN4. The van der Waals surface area contributed by atoms with E-state index in [1.807, 2.05) is 6.07 Å². The van der Waals surface area contributed by atoms with Crippen LogP contribution in [0.15, 0.2) is 18.5 Å². The number of hydrogen-bond acceptors (Lipinski definition) is 3. The molecule has 58 valence electrons. The van der Waals surface area contributed by atoms with E-state index in [9.17, 15) is 0 Å². The molecule has 0 unspecified atom stereocenters. The third-order valence-corrected chi connectivity index (χ3v) is 1.73. The maximum absolute atomic E-state index is 8.55. The summed E-state index contributed by atoms with van der Waals surface area (Å²) in [5.74, 6) is 0. The van der Waals surface area contributed by atoms with Gasteiger partial charge in [-0.1, -0.05) is 0 Å². The van der Waals surface area contributed by atoms with Gasteiger partial charge in [-0.25, -0.2) is 9.97 Å². The zero-order valence-electron chi connectivity index (χ0n) is 5.90. The summed E-state index contributed by atoms with van der Waals surface area (Å²) in [5.41, 5.74) is 0.908. The van der Waals surface area contributed by atoms with E-state index in [0.717, 1.165) is 0 Å². The molecule has 0 saturated heterocycles. The molecule has 0 fully saturated rings. The molecule has 0 radical (unpaired) electrons. The molecule has 5 heteroatoms. The summed E-state index contributed by atoms with van der Waals surface area (Å²) < 4.78 is 1.60. The van der Waals surface area contributed by atoms with Gasteiger partial charge < -0.3 is 0 Å². The van der Waals surface area contributed by atoms with Crippen LogP contribution in [0.3, 0.4) is 0 Å². The third-order valence-electron chi connectivity index (χ3n) is 1.46. The van der Waals surface area contributed by atoms with Crippen LogP contribution in [0.5, 0.6) is 0 Å². The molecule has 0 amide bonds. The number of halogens is 1. The molecular weight excluding hydrogens is 176 g/mol. The van der Waals surface area contributed by atoms with Crippen molar-refractivity contribution in [3.05, 3.63) is 29.4 Å². The SMILES string of the molecule is N#Cc1cc2nccn2c(Cl)n1. The monoisotopic (exact) mass is 178 g/mol. The van der Waals surface area contributed by atoms with Crippen molar-refractivity contribution in [2.45, 2.75) is 0 Å². The minimum Gasteiger partial charge on any atom is -0.274 e. The summed E-state index contributed by atoms with van der Waals surface area (Å²) >= 11 is 5.74. The summed E-state index contributed by atoms with van der Waals surface area (Å²) in [5, 5.41) is 8.80. The van der Waals surface area contributed by atoms with Gasteiger partial charge >= 0.3 is 0 Å². The van der Waals surface area contributed by atoms with Crippen LogP contribution in [0.25, 0.3) is 5.65 Å². The van der Waals surface area contributed by atoms with Gasteiger partial charge in [0.15, 0.2) is 0 Å². The number of rotatable bonds is 0. The van der Waals surface area contributed by atoms with Gasteiger partial charge in [0, 0.05) is 18.5 Å². The van der Waals surface area contributed by atoms with E-state index in [0.29, 0.717) is 5.65 Å². The molecule has 12 heavy (non-hydrogen) atoms. The van der Waals surface area contributed by atoms with E-state index in [4.69, 9.17) is 16.9 Å². The second-order valence-corrected chi connectivity index (χ2v) is 2.52. The highest BCUT2D eigenvalue weighted by Crippen LogP contribution is 2.09. The number of aromatic nitrogens is 3. The van der Waals surface area contributed by atoms with Crippen molar-refractivity contribution in [3.8, 4) is 6.07 Å². The topological polar surface area (TPSA) is 54.0 Å². The van der Waals surface area contributed by atoms with Gasteiger partial charge in [-0.15, -0.1) is 0 Å². The van der Waals surface area contributed by atoms with Crippen molar-refractivity contribution in [1.29, 1.82) is 5.26 Å². The van der Waals surface area contributed by atoms with Crippen molar-refractivity contribution in [2.24, 2.45) is 0 Å². The molecule has 0 bridgehead atoms. The lowest BCUT2D eigenvalue weighted by molar-refractivity contribution is 1.07. The Bertz CT molecular complexity index is 468. The highest BCUT2D eigenvalue weighted by Gasteiger charge is 2.02. The second kappa shape index (κ2) is 2.47. The maximum Gasteiger partial charge on any atom is 0.209 e. The summed E-state index contributed by atoms with van der Waals surface area (Å²) in [6.07, 6.45) is 3.29. The Morgan fingerprint density at radius 3 is 3.17 bits per heavy atom. The summed E-state index contributed by atoms with van der Waals surface area (Å²) in [6, 6.07) is 3.48. The summed E-state index contributed by atoms with van der Waals surface area (Å²) in [4.78, 5) is 7.79. The lowest BCUT2D eigenvalue weighted by Gasteiger charge is -1.95. The summed E-state index contributed by atoms with van der Waals surface area (Å²) in [6.45, 7) is 0. The quantitative estimate of drug-likeness (QED) is 0.571. The molecule has 0 saturated carbocycles. The Labute approximate surface area is 73.0 Å². The van der Waals surface area contributed by atoms with Crippen LogP contribution >= 0.6 is 11.6 Å². The molecule has 0 aliphatic heterocycles. The molecule has 0 aliphatic carbocycles. The smallest absolute Gasteiger partial charge is 0.209 e. The Morgan fingerprint density at radius 2 is 2.42 bits per heavy atom. The van der Waals surface area contributed by atoms with Gasteiger partial charge in [0.2, 0.25) is 5.28 Å². The Morgan fingerprint density at radius 1 is 1.58 bits per heavy atom. The zero-order chi connectivity index (χ0) is 8.55. The number of nitrogens with zero attached hydrogens (tertiary/aromatic N) is 4. The standard InChI is InChI=1S/C7H3ClN4/c8-7-11-5(4-9)3-6-10-1-2-12(6)7/h1-3H. The zero-order valence-corrected chi connectivity index (χ0v) is 6.65. The number of nitriles is 1. The van der Waals surface area contributed by atoms with E-state index >= 15 is 0 Å². The molecule has 2 aromatic rings. The lowest BCUT2D eigenvalue weighted by Crippen LogP contribution is -1.92. The van der Waals surface area contributed by atoms with Crippen molar-refractivity contribution in [2.75, 3.05) is 0 Å². The molecule has 0 atom stereocenters. The van der Waals surface area contributed by atoms with Gasteiger partial charge in [0.25, 0.3) is 0 Å². The average molecular weight is 179 g/mol. The van der Waals surface area contributed by atoms with Crippen LogP contribution in [0.1, 0.15) is 5.69 Å². The van der Waals surface area contributed by atoms with Crippen LogP contribution in [0.2, 0.25) is 5.28 Å². The normalized spacial score (nSPS) is 10.0. The first-order chi connectivity index (χ1) is 5.81. The third kappa shape index (κ3) is 0.917. The Balaban J connectivity index is 2.86. The first-order valence-corrected chi connectivity index (χ1v) is 3.59. The van der Waals surface area contributed by atoms with Crippen molar-refractivity contribution in [3.63, 3.8) is 0 Å².